The molecule has 0 unspecified atom stereocenters. The molecule has 1 aromatic heterocycles. The van der Waals surface area contributed by atoms with E-state index in [-0.39, 0.29) is 22.5 Å². The van der Waals surface area contributed by atoms with Gasteiger partial charge in [-0.15, -0.1) is 11.8 Å². The highest BCUT2D eigenvalue weighted by Crippen LogP contribution is 2.33. The Morgan fingerprint density at radius 2 is 1.94 bits per heavy atom. The largest absolute Gasteiger partial charge is 0.416 e. The van der Waals surface area contributed by atoms with Crippen molar-refractivity contribution in [2.45, 2.75) is 22.6 Å². The number of hydrogen-bond donors (Lipinski definition) is 1. The van der Waals surface area contributed by atoms with Crippen molar-refractivity contribution in [1.82, 2.24) is 9.55 Å². The van der Waals surface area contributed by atoms with Gasteiger partial charge in [-0.05, 0) is 30.3 Å². The van der Waals surface area contributed by atoms with Crippen LogP contribution >= 0.6 is 23.5 Å². The topological polar surface area (TPSA) is 64.0 Å². The lowest BCUT2D eigenvalue weighted by molar-refractivity contribution is -0.137. The number of benzene rings is 2. The Labute approximate surface area is 184 Å². The van der Waals surface area contributed by atoms with Crippen LogP contribution in [0.3, 0.4) is 0 Å². The normalized spacial score (nSPS) is 13.1. The van der Waals surface area contributed by atoms with Gasteiger partial charge in [0.1, 0.15) is 0 Å². The van der Waals surface area contributed by atoms with Crippen molar-refractivity contribution < 1.29 is 18.0 Å². The molecule has 1 aliphatic rings. The van der Waals surface area contributed by atoms with Gasteiger partial charge in [-0.2, -0.15) is 13.2 Å². The predicted octanol–water partition coefficient (Wildman–Crippen LogP) is 4.63. The highest BCUT2D eigenvalue weighted by Gasteiger charge is 2.31. The number of amides is 1. The molecule has 2 aromatic carbocycles. The molecule has 1 amide bonds. The molecular weight excluding hydrogens is 447 g/mol. The number of para-hydroxylation sites is 1. The Balaban J connectivity index is 1.67. The molecule has 0 atom stereocenters. The number of aryl methyl sites for hydroxylation is 1. The molecular formula is C21H16F3N3O2S2. The van der Waals surface area contributed by atoms with E-state index in [1.807, 2.05) is 6.07 Å². The summed E-state index contributed by atoms with van der Waals surface area (Å²) in [5.41, 5.74) is 0.0279. The Morgan fingerprint density at radius 3 is 2.68 bits per heavy atom. The van der Waals surface area contributed by atoms with Gasteiger partial charge in [-0.25, -0.2) is 4.98 Å². The molecule has 0 fully saturated rings. The second kappa shape index (κ2) is 8.80. The average Bonchev–Trinajstić information content (AvgIpc) is 3.21. The number of anilines is 1. The van der Waals surface area contributed by atoms with Crippen LogP contribution in [-0.2, 0) is 17.4 Å². The molecule has 0 saturated carbocycles. The summed E-state index contributed by atoms with van der Waals surface area (Å²) in [7, 11) is 0. The number of thioether (sulfide) groups is 2. The number of carbonyl (C=O) groups excluding carboxylic acids is 1. The SMILES string of the molecule is O=C(CSc1nc2c(c(=O)n1-c1cccc(C(F)(F)F)c1)SCC2)Nc1ccccc1. The fourth-order valence-corrected chi connectivity index (χ4v) is 4.94. The van der Waals surface area contributed by atoms with Crippen LogP contribution in [0.4, 0.5) is 18.9 Å². The third-order valence-electron chi connectivity index (χ3n) is 4.49. The lowest BCUT2D eigenvalue weighted by atomic mass is 10.2. The quantitative estimate of drug-likeness (QED) is 0.442. The third-order valence-corrected chi connectivity index (χ3v) is 6.53. The van der Waals surface area contributed by atoms with E-state index in [0.717, 1.165) is 28.5 Å². The molecule has 0 bridgehead atoms. The molecule has 10 heteroatoms. The van der Waals surface area contributed by atoms with E-state index >= 15 is 0 Å². The summed E-state index contributed by atoms with van der Waals surface area (Å²) in [6.45, 7) is 0. The third kappa shape index (κ3) is 4.80. The van der Waals surface area contributed by atoms with Crippen LogP contribution in [0.2, 0.25) is 0 Å². The summed E-state index contributed by atoms with van der Waals surface area (Å²) >= 11 is 2.35. The standard InChI is InChI=1S/C21H16F3N3O2S2/c22-21(23,24)13-5-4-8-15(11-13)27-19(29)18-16(9-10-30-18)26-20(27)31-12-17(28)25-14-6-2-1-3-7-14/h1-8,11H,9-10,12H2,(H,25,28). The fourth-order valence-electron chi connectivity index (χ4n) is 3.09. The van der Waals surface area contributed by atoms with Crippen LogP contribution in [0.25, 0.3) is 5.69 Å². The molecule has 160 valence electrons. The number of fused-ring (bicyclic) bond motifs is 1. The van der Waals surface area contributed by atoms with Crippen molar-refractivity contribution in [1.29, 1.82) is 0 Å². The summed E-state index contributed by atoms with van der Waals surface area (Å²) in [5.74, 6) is 0.325. The van der Waals surface area contributed by atoms with E-state index in [1.54, 1.807) is 24.3 Å². The first-order chi connectivity index (χ1) is 14.8. The van der Waals surface area contributed by atoms with Crippen LogP contribution in [0.1, 0.15) is 11.3 Å². The van der Waals surface area contributed by atoms with Crippen molar-refractivity contribution >= 4 is 35.1 Å². The van der Waals surface area contributed by atoms with Gasteiger partial charge in [0, 0.05) is 17.9 Å². The fraction of sp³-hybridized carbons (Fsp3) is 0.190. The second-order valence-corrected chi connectivity index (χ2v) is 8.71. The first-order valence-electron chi connectivity index (χ1n) is 9.27. The monoisotopic (exact) mass is 463 g/mol. The summed E-state index contributed by atoms with van der Waals surface area (Å²) in [6, 6.07) is 13.4. The summed E-state index contributed by atoms with van der Waals surface area (Å²) in [6.07, 6.45) is -3.94. The van der Waals surface area contributed by atoms with Gasteiger partial charge in [0.25, 0.3) is 5.56 Å². The van der Waals surface area contributed by atoms with Crippen LogP contribution in [0.15, 0.2) is 69.4 Å². The highest BCUT2D eigenvalue weighted by atomic mass is 32.2. The number of halogens is 3. The second-order valence-electron chi connectivity index (χ2n) is 6.66. The maximum atomic E-state index is 13.2. The summed E-state index contributed by atoms with van der Waals surface area (Å²) in [4.78, 5) is 30.4. The maximum Gasteiger partial charge on any atom is 0.416 e. The molecule has 2 heterocycles. The zero-order chi connectivity index (χ0) is 22.0. The maximum absolute atomic E-state index is 13.2. The molecule has 0 saturated heterocycles. The van der Waals surface area contributed by atoms with Crippen LogP contribution in [-0.4, -0.2) is 27.0 Å². The minimum Gasteiger partial charge on any atom is -0.325 e. The number of nitrogens with one attached hydrogen (secondary N) is 1. The van der Waals surface area contributed by atoms with Gasteiger partial charge in [0.15, 0.2) is 5.16 Å². The molecule has 0 radical (unpaired) electrons. The first-order valence-corrected chi connectivity index (χ1v) is 11.2. The van der Waals surface area contributed by atoms with Gasteiger partial charge < -0.3 is 5.32 Å². The average molecular weight is 464 g/mol. The lowest BCUT2D eigenvalue weighted by Gasteiger charge is -2.15. The molecule has 0 spiro atoms. The van der Waals surface area contributed by atoms with Crippen LogP contribution in [0, 0.1) is 0 Å². The van der Waals surface area contributed by atoms with Crippen LogP contribution in [0.5, 0.6) is 0 Å². The van der Waals surface area contributed by atoms with E-state index < -0.39 is 17.3 Å². The highest BCUT2D eigenvalue weighted by molar-refractivity contribution is 8.00. The molecule has 3 aromatic rings. The van der Waals surface area contributed by atoms with Gasteiger partial charge in [-0.1, -0.05) is 36.0 Å². The Kier molecular flexibility index (Phi) is 6.10. The van der Waals surface area contributed by atoms with Gasteiger partial charge in [-0.3, -0.25) is 14.2 Å². The van der Waals surface area contributed by atoms with Gasteiger partial charge >= 0.3 is 6.18 Å². The van der Waals surface area contributed by atoms with E-state index in [4.69, 9.17) is 0 Å². The summed E-state index contributed by atoms with van der Waals surface area (Å²) in [5, 5.41) is 2.93. The Morgan fingerprint density at radius 1 is 1.16 bits per heavy atom. The number of carbonyl (C=O) groups is 1. The zero-order valence-electron chi connectivity index (χ0n) is 16.0. The van der Waals surface area contributed by atoms with Gasteiger partial charge in [0.05, 0.1) is 27.6 Å². The lowest BCUT2D eigenvalue weighted by Crippen LogP contribution is -2.25. The molecule has 5 nitrogen and oxygen atoms in total. The van der Waals surface area contributed by atoms with Crippen molar-refractivity contribution in [3.05, 3.63) is 76.2 Å². The van der Waals surface area contributed by atoms with E-state index in [1.165, 1.54) is 23.9 Å². The zero-order valence-corrected chi connectivity index (χ0v) is 17.6. The predicted molar refractivity (Wildman–Crippen MR) is 115 cm³/mol. The van der Waals surface area contributed by atoms with E-state index in [9.17, 15) is 22.8 Å². The minimum atomic E-state index is -4.54. The van der Waals surface area contributed by atoms with Crippen molar-refractivity contribution in [2.75, 3.05) is 16.8 Å². The number of aromatic nitrogens is 2. The van der Waals surface area contributed by atoms with E-state index in [2.05, 4.69) is 10.3 Å². The Hall–Kier alpha value is -2.72. The van der Waals surface area contributed by atoms with Crippen molar-refractivity contribution in [2.24, 2.45) is 0 Å². The Bertz CT molecular complexity index is 1180. The van der Waals surface area contributed by atoms with Crippen molar-refractivity contribution in [3.8, 4) is 5.69 Å². The summed E-state index contributed by atoms with van der Waals surface area (Å²) < 4.78 is 40.8. The molecule has 0 aliphatic carbocycles. The number of nitrogens with zero attached hydrogens (tertiary/aromatic N) is 2. The minimum absolute atomic E-state index is 0.0494. The van der Waals surface area contributed by atoms with Crippen LogP contribution < -0.4 is 10.9 Å². The van der Waals surface area contributed by atoms with Gasteiger partial charge in [0.2, 0.25) is 5.91 Å². The molecule has 1 aliphatic heterocycles. The molecule has 31 heavy (non-hydrogen) atoms. The number of hydrogen-bond acceptors (Lipinski definition) is 5. The number of rotatable bonds is 5. The molecule has 1 N–H and O–H groups in total. The van der Waals surface area contributed by atoms with Crippen molar-refractivity contribution in [3.63, 3.8) is 0 Å². The number of alkyl halides is 3. The molecule has 4 rings (SSSR count). The van der Waals surface area contributed by atoms with E-state index in [0.29, 0.717) is 28.5 Å². The smallest absolute Gasteiger partial charge is 0.325 e. The first kappa shape index (κ1) is 21.5.